The Balaban J connectivity index is 2.23. The van der Waals surface area contributed by atoms with Crippen molar-refractivity contribution in [1.29, 1.82) is 5.26 Å². The van der Waals surface area contributed by atoms with Crippen LogP contribution in [0, 0.1) is 18.3 Å². The number of aromatic nitrogens is 1. The zero-order chi connectivity index (χ0) is 14.4. The van der Waals surface area contributed by atoms with Crippen LogP contribution < -0.4 is 5.32 Å². The molecule has 1 aromatic heterocycles. The highest BCUT2D eigenvalue weighted by Crippen LogP contribution is 2.13. The molecule has 1 heterocycles. The minimum absolute atomic E-state index is 0.0585. The Morgan fingerprint density at radius 1 is 1.30 bits per heavy atom. The van der Waals surface area contributed by atoms with Gasteiger partial charge in [-0.3, -0.25) is 9.78 Å². The van der Waals surface area contributed by atoms with Gasteiger partial charge in [0.25, 0.3) is 5.91 Å². The number of hydrogen-bond donors (Lipinski definition) is 1. The van der Waals surface area contributed by atoms with Gasteiger partial charge in [-0.05, 0) is 36.3 Å². The third-order valence-electron chi connectivity index (χ3n) is 2.77. The summed E-state index contributed by atoms with van der Waals surface area (Å²) < 4.78 is 0. The number of nitrogens with zero attached hydrogens (tertiary/aromatic N) is 2. The Bertz CT molecular complexity index is 684. The summed E-state index contributed by atoms with van der Waals surface area (Å²) in [7, 11) is 0. The van der Waals surface area contributed by atoms with Gasteiger partial charge in [0, 0.05) is 6.20 Å². The van der Waals surface area contributed by atoms with Gasteiger partial charge < -0.3 is 5.32 Å². The molecule has 1 aromatic carbocycles. The molecule has 1 amide bonds. The van der Waals surface area contributed by atoms with E-state index in [0.717, 1.165) is 11.1 Å². The van der Waals surface area contributed by atoms with Crippen molar-refractivity contribution in [2.45, 2.75) is 6.92 Å². The topological polar surface area (TPSA) is 65.8 Å². The van der Waals surface area contributed by atoms with Gasteiger partial charge >= 0.3 is 0 Å². The maximum atomic E-state index is 12.0. The minimum atomic E-state index is -0.441. The highest BCUT2D eigenvalue weighted by Gasteiger charge is 2.09. The number of carbonyl (C=O) groups excluding carboxylic acids is 1. The van der Waals surface area contributed by atoms with Crippen LogP contribution >= 0.6 is 0 Å². The van der Waals surface area contributed by atoms with Gasteiger partial charge in [-0.25, -0.2) is 0 Å². The number of amides is 1. The zero-order valence-electron chi connectivity index (χ0n) is 11.0. The van der Waals surface area contributed by atoms with E-state index in [4.69, 9.17) is 5.26 Å². The SMILES string of the molecule is Cc1ccccc1/C=C(\C#N)C(=O)Nc1cccnc1. The third kappa shape index (κ3) is 3.30. The van der Waals surface area contributed by atoms with Crippen LogP contribution in [0.4, 0.5) is 5.69 Å². The molecular formula is C16H13N3O. The molecule has 0 saturated carbocycles. The standard InChI is InChI=1S/C16H13N3O/c1-12-5-2-3-6-13(12)9-14(10-17)16(20)19-15-7-4-8-18-11-15/h2-9,11H,1H3,(H,19,20)/b14-9+. The van der Waals surface area contributed by atoms with Gasteiger partial charge in [0.1, 0.15) is 11.6 Å². The second-order valence-corrected chi connectivity index (χ2v) is 4.22. The van der Waals surface area contributed by atoms with E-state index in [1.54, 1.807) is 24.4 Å². The number of aryl methyl sites for hydroxylation is 1. The lowest BCUT2D eigenvalue weighted by Crippen LogP contribution is -2.13. The highest BCUT2D eigenvalue weighted by molar-refractivity contribution is 6.09. The van der Waals surface area contributed by atoms with Gasteiger partial charge in [-0.2, -0.15) is 5.26 Å². The Hall–Kier alpha value is -2.93. The molecule has 0 bridgehead atoms. The summed E-state index contributed by atoms with van der Waals surface area (Å²) in [5.74, 6) is -0.441. The number of carbonyl (C=O) groups is 1. The summed E-state index contributed by atoms with van der Waals surface area (Å²) in [5, 5.41) is 11.8. The predicted octanol–water partition coefficient (Wildman–Crippen LogP) is 2.94. The van der Waals surface area contributed by atoms with E-state index in [0.29, 0.717) is 5.69 Å². The van der Waals surface area contributed by atoms with Crippen molar-refractivity contribution in [3.63, 3.8) is 0 Å². The van der Waals surface area contributed by atoms with E-state index in [9.17, 15) is 4.79 Å². The molecule has 1 N–H and O–H groups in total. The van der Waals surface area contributed by atoms with Crippen LogP contribution in [-0.4, -0.2) is 10.9 Å². The fourth-order valence-corrected chi connectivity index (χ4v) is 1.69. The van der Waals surface area contributed by atoms with Gasteiger partial charge in [-0.1, -0.05) is 24.3 Å². The quantitative estimate of drug-likeness (QED) is 0.684. The van der Waals surface area contributed by atoms with Crippen molar-refractivity contribution in [3.8, 4) is 6.07 Å². The van der Waals surface area contributed by atoms with Gasteiger partial charge in [-0.15, -0.1) is 0 Å². The predicted molar refractivity (Wildman–Crippen MR) is 77.6 cm³/mol. The van der Waals surface area contributed by atoms with Crippen molar-refractivity contribution in [2.75, 3.05) is 5.32 Å². The number of rotatable bonds is 3. The second-order valence-electron chi connectivity index (χ2n) is 4.22. The fraction of sp³-hybridized carbons (Fsp3) is 0.0625. The Labute approximate surface area is 117 Å². The summed E-state index contributed by atoms with van der Waals surface area (Å²) in [4.78, 5) is 15.9. The fourth-order valence-electron chi connectivity index (χ4n) is 1.69. The Kier molecular flexibility index (Phi) is 4.25. The molecule has 0 aliphatic heterocycles. The van der Waals surface area contributed by atoms with Crippen LogP contribution in [0.2, 0.25) is 0 Å². The number of hydrogen-bond acceptors (Lipinski definition) is 3. The first-order chi connectivity index (χ1) is 9.70. The maximum Gasteiger partial charge on any atom is 0.266 e. The summed E-state index contributed by atoms with van der Waals surface area (Å²) >= 11 is 0. The lowest BCUT2D eigenvalue weighted by Gasteiger charge is -2.04. The van der Waals surface area contributed by atoms with Crippen molar-refractivity contribution >= 4 is 17.7 Å². The second kappa shape index (κ2) is 6.30. The van der Waals surface area contributed by atoms with Crippen molar-refractivity contribution in [1.82, 2.24) is 4.98 Å². The highest BCUT2D eigenvalue weighted by atomic mass is 16.1. The molecule has 0 saturated heterocycles. The summed E-state index contributed by atoms with van der Waals surface area (Å²) in [6.45, 7) is 1.93. The molecule has 0 aliphatic carbocycles. The number of benzene rings is 1. The van der Waals surface area contributed by atoms with Crippen LogP contribution in [0.1, 0.15) is 11.1 Å². The van der Waals surface area contributed by atoms with Crippen molar-refractivity contribution < 1.29 is 4.79 Å². The molecule has 0 unspecified atom stereocenters. The third-order valence-corrected chi connectivity index (χ3v) is 2.77. The number of nitriles is 1. The first-order valence-electron chi connectivity index (χ1n) is 6.09. The van der Waals surface area contributed by atoms with Crippen molar-refractivity contribution in [2.24, 2.45) is 0 Å². The zero-order valence-corrected chi connectivity index (χ0v) is 11.0. The molecule has 0 atom stereocenters. The van der Waals surface area contributed by atoms with E-state index >= 15 is 0 Å². The summed E-state index contributed by atoms with van der Waals surface area (Å²) in [6.07, 6.45) is 4.73. The average Bonchev–Trinajstić information content (AvgIpc) is 2.47. The molecule has 2 aromatic rings. The van der Waals surface area contributed by atoms with E-state index in [1.807, 2.05) is 37.3 Å². The molecule has 0 fully saturated rings. The van der Waals surface area contributed by atoms with Crippen LogP contribution in [0.5, 0.6) is 0 Å². The molecule has 0 aliphatic rings. The monoisotopic (exact) mass is 263 g/mol. The normalized spacial score (nSPS) is 10.7. The molecule has 4 heteroatoms. The van der Waals surface area contributed by atoms with Crippen molar-refractivity contribution in [3.05, 3.63) is 65.5 Å². The van der Waals surface area contributed by atoms with Crippen LogP contribution in [0.3, 0.4) is 0 Å². The van der Waals surface area contributed by atoms with E-state index in [1.165, 1.54) is 6.20 Å². The maximum absolute atomic E-state index is 12.0. The molecule has 20 heavy (non-hydrogen) atoms. The Morgan fingerprint density at radius 3 is 2.75 bits per heavy atom. The molecule has 0 radical (unpaired) electrons. The van der Waals surface area contributed by atoms with Gasteiger partial charge in [0.05, 0.1) is 11.9 Å². The number of anilines is 1. The van der Waals surface area contributed by atoms with E-state index < -0.39 is 5.91 Å². The average molecular weight is 263 g/mol. The molecule has 98 valence electrons. The van der Waals surface area contributed by atoms with E-state index in [-0.39, 0.29) is 5.57 Å². The minimum Gasteiger partial charge on any atom is -0.320 e. The lowest BCUT2D eigenvalue weighted by atomic mass is 10.1. The van der Waals surface area contributed by atoms with Gasteiger partial charge in [0.15, 0.2) is 0 Å². The first kappa shape index (κ1) is 13.5. The van der Waals surface area contributed by atoms with Crippen LogP contribution in [0.15, 0.2) is 54.4 Å². The molecular weight excluding hydrogens is 250 g/mol. The summed E-state index contributed by atoms with van der Waals surface area (Å²) in [6, 6.07) is 12.9. The van der Waals surface area contributed by atoms with E-state index in [2.05, 4.69) is 10.3 Å². The number of nitrogens with one attached hydrogen (secondary N) is 1. The molecule has 2 rings (SSSR count). The van der Waals surface area contributed by atoms with Gasteiger partial charge in [0.2, 0.25) is 0 Å². The number of pyridine rings is 1. The molecule has 0 spiro atoms. The first-order valence-corrected chi connectivity index (χ1v) is 6.09. The van der Waals surface area contributed by atoms with Crippen LogP contribution in [0.25, 0.3) is 6.08 Å². The molecule has 4 nitrogen and oxygen atoms in total. The van der Waals surface area contributed by atoms with Crippen LogP contribution in [-0.2, 0) is 4.79 Å². The lowest BCUT2D eigenvalue weighted by molar-refractivity contribution is -0.112. The largest absolute Gasteiger partial charge is 0.320 e. The Morgan fingerprint density at radius 2 is 2.10 bits per heavy atom. The smallest absolute Gasteiger partial charge is 0.266 e. The summed E-state index contributed by atoms with van der Waals surface area (Å²) in [5.41, 5.74) is 2.48.